The van der Waals surface area contributed by atoms with Crippen molar-refractivity contribution in [2.45, 2.75) is 0 Å². The number of carbonyl (C=O) groups excluding carboxylic acids is 1. The van der Waals surface area contributed by atoms with Gasteiger partial charge in [0.05, 0.1) is 35.5 Å². The van der Waals surface area contributed by atoms with Gasteiger partial charge in [-0.25, -0.2) is 0 Å². The van der Waals surface area contributed by atoms with Gasteiger partial charge in [0, 0.05) is 17.8 Å². The highest BCUT2D eigenvalue weighted by atomic mass is 16.5. The van der Waals surface area contributed by atoms with Crippen molar-refractivity contribution in [2.75, 3.05) is 40.9 Å². The summed E-state index contributed by atoms with van der Waals surface area (Å²) < 4.78 is 26.6. The van der Waals surface area contributed by atoms with Gasteiger partial charge in [-0.3, -0.25) is 4.79 Å². The van der Waals surface area contributed by atoms with Crippen LogP contribution in [-0.2, 0) is 4.79 Å². The number of amides is 1. The minimum atomic E-state index is -0.259. The molecule has 0 spiro atoms. The number of benzene rings is 3. The third-order valence-corrected chi connectivity index (χ3v) is 5.13. The van der Waals surface area contributed by atoms with E-state index in [1.54, 1.807) is 53.8 Å². The summed E-state index contributed by atoms with van der Waals surface area (Å²) in [5, 5.41) is 2.85. The smallest absolute Gasteiger partial charge is 0.248 e. The van der Waals surface area contributed by atoms with E-state index in [4.69, 9.17) is 23.7 Å². The van der Waals surface area contributed by atoms with Crippen LogP contribution in [0.5, 0.6) is 28.7 Å². The number of hydrogen-bond acceptors (Lipinski definition) is 6. The molecule has 0 unspecified atom stereocenters. The Bertz CT molecular complexity index is 1170. The minimum Gasteiger partial charge on any atom is -0.497 e. The van der Waals surface area contributed by atoms with E-state index in [2.05, 4.69) is 5.32 Å². The van der Waals surface area contributed by atoms with Gasteiger partial charge < -0.3 is 29.0 Å². The Kier molecular flexibility index (Phi) is 8.78. The van der Waals surface area contributed by atoms with Gasteiger partial charge in [-0.1, -0.05) is 24.3 Å². The molecule has 0 saturated carbocycles. The molecule has 0 saturated heterocycles. The highest BCUT2D eigenvalue weighted by molar-refractivity contribution is 6.02. The van der Waals surface area contributed by atoms with Crippen molar-refractivity contribution in [3.8, 4) is 28.7 Å². The third-order valence-electron chi connectivity index (χ3n) is 5.13. The second-order valence-electron chi connectivity index (χ2n) is 7.38. The molecule has 0 aliphatic carbocycles. The van der Waals surface area contributed by atoms with Crippen LogP contribution in [0.1, 0.15) is 16.7 Å². The van der Waals surface area contributed by atoms with E-state index < -0.39 is 0 Å². The van der Waals surface area contributed by atoms with E-state index in [0.29, 0.717) is 22.9 Å². The molecule has 7 nitrogen and oxygen atoms in total. The molecule has 0 atom stereocenters. The number of rotatable bonds is 10. The molecule has 0 aliphatic rings. The summed E-state index contributed by atoms with van der Waals surface area (Å²) in [6, 6.07) is 16.7. The van der Waals surface area contributed by atoms with Gasteiger partial charge in [0.2, 0.25) is 11.7 Å². The van der Waals surface area contributed by atoms with Crippen molar-refractivity contribution >= 4 is 29.8 Å². The molecule has 3 aromatic carbocycles. The summed E-state index contributed by atoms with van der Waals surface area (Å²) in [5.74, 6) is 2.72. The molecular formula is C28H29NO6. The number of carbonyl (C=O) groups is 1. The molecule has 0 aromatic heterocycles. The molecule has 1 amide bonds. The Morgan fingerprint density at radius 3 is 1.69 bits per heavy atom. The largest absolute Gasteiger partial charge is 0.497 e. The van der Waals surface area contributed by atoms with Crippen LogP contribution >= 0.6 is 0 Å². The fraction of sp³-hybridized carbons (Fsp3) is 0.179. The fourth-order valence-electron chi connectivity index (χ4n) is 3.35. The van der Waals surface area contributed by atoms with Gasteiger partial charge >= 0.3 is 0 Å². The monoisotopic (exact) mass is 475 g/mol. The van der Waals surface area contributed by atoms with Gasteiger partial charge in [0.15, 0.2) is 11.5 Å². The predicted octanol–water partition coefficient (Wildman–Crippen LogP) is 5.55. The lowest BCUT2D eigenvalue weighted by Crippen LogP contribution is -2.07. The quantitative estimate of drug-likeness (QED) is 0.306. The highest BCUT2D eigenvalue weighted by Gasteiger charge is 2.12. The molecule has 0 fully saturated rings. The molecule has 1 N–H and O–H groups in total. The van der Waals surface area contributed by atoms with Crippen molar-refractivity contribution < 1.29 is 28.5 Å². The summed E-state index contributed by atoms with van der Waals surface area (Å²) >= 11 is 0. The van der Waals surface area contributed by atoms with E-state index in [9.17, 15) is 4.79 Å². The van der Waals surface area contributed by atoms with Crippen molar-refractivity contribution in [1.29, 1.82) is 0 Å². The Morgan fingerprint density at radius 1 is 0.629 bits per heavy atom. The van der Waals surface area contributed by atoms with E-state index in [1.165, 1.54) is 6.08 Å². The first-order chi connectivity index (χ1) is 17.0. The van der Waals surface area contributed by atoms with Crippen molar-refractivity contribution in [3.05, 3.63) is 77.4 Å². The number of nitrogens with one attached hydrogen (secondary N) is 1. The summed E-state index contributed by atoms with van der Waals surface area (Å²) in [7, 11) is 7.87. The Morgan fingerprint density at radius 2 is 1.17 bits per heavy atom. The Labute approximate surface area is 205 Å². The number of methoxy groups -OCH3 is 5. The molecule has 0 bridgehead atoms. The van der Waals surface area contributed by atoms with Crippen LogP contribution in [0, 0.1) is 0 Å². The molecule has 3 rings (SSSR count). The van der Waals surface area contributed by atoms with E-state index in [1.807, 2.05) is 54.6 Å². The topological polar surface area (TPSA) is 75.3 Å². The summed E-state index contributed by atoms with van der Waals surface area (Å²) in [6.45, 7) is 0. The average molecular weight is 476 g/mol. The standard InChI is InChI=1S/C28H29NO6/c1-31-23-14-20(15-24(18-23)32-2)7-6-19-8-11-22(12-9-19)29-27(30)13-10-21-16-25(33-3)28(35-5)26(17-21)34-4/h6-18H,1-5H3,(H,29,30)/b7-6+,13-10+. The van der Waals surface area contributed by atoms with E-state index >= 15 is 0 Å². The van der Waals surface area contributed by atoms with Crippen LogP contribution in [0.2, 0.25) is 0 Å². The maximum Gasteiger partial charge on any atom is 0.248 e. The summed E-state index contributed by atoms with van der Waals surface area (Å²) in [6.07, 6.45) is 7.08. The lowest BCUT2D eigenvalue weighted by atomic mass is 10.1. The molecule has 7 heteroatoms. The van der Waals surface area contributed by atoms with Crippen LogP contribution in [0.25, 0.3) is 18.2 Å². The maximum atomic E-state index is 12.4. The zero-order chi connectivity index (χ0) is 25.2. The molecule has 35 heavy (non-hydrogen) atoms. The first kappa shape index (κ1) is 25.2. The number of hydrogen-bond donors (Lipinski definition) is 1. The van der Waals surface area contributed by atoms with Crippen molar-refractivity contribution in [1.82, 2.24) is 0 Å². The van der Waals surface area contributed by atoms with Crippen LogP contribution < -0.4 is 29.0 Å². The Hall–Kier alpha value is -4.39. The average Bonchev–Trinajstić information content (AvgIpc) is 2.90. The zero-order valence-corrected chi connectivity index (χ0v) is 20.5. The first-order valence-corrected chi connectivity index (χ1v) is 10.8. The van der Waals surface area contributed by atoms with Gasteiger partial charge in [-0.15, -0.1) is 0 Å². The second kappa shape index (κ2) is 12.2. The molecule has 0 heterocycles. The highest BCUT2D eigenvalue weighted by Crippen LogP contribution is 2.38. The molecule has 182 valence electrons. The van der Waals surface area contributed by atoms with Gasteiger partial charge in [0.1, 0.15) is 11.5 Å². The fourth-order valence-corrected chi connectivity index (χ4v) is 3.35. The SMILES string of the molecule is COc1cc(/C=C/c2ccc(NC(=O)/C=C/c3cc(OC)c(OC)c(OC)c3)cc2)cc(OC)c1. The number of anilines is 1. The zero-order valence-electron chi connectivity index (χ0n) is 20.5. The predicted molar refractivity (Wildman–Crippen MR) is 139 cm³/mol. The normalized spacial score (nSPS) is 10.9. The molecule has 0 aliphatic heterocycles. The van der Waals surface area contributed by atoms with Crippen LogP contribution in [0.3, 0.4) is 0 Å². The molecular weight excluding hydrogens is 446 g/mol. The molecule has 0 radical (unpaired) electrons. The van der Waals surface area contributed by atoms with Gasteiger partial charge in [0.25, 0.3) is 0 Å². The van der Waals surface area contributed by atoms with Crippen molar-refractivity contribution in [3.63, 3.8) is 0 Å². The Balaban J connectivity index is 1.65. The summed E-state index contributed by atoms with van der Waals surface area (Å²) in [5.41, 5.74) is 3.36. The first-order valence-electron chi connectivity index (χ1n) is 10.8. The maximum absolute atomic E-state index is 12.4. The number of ether oxygens (including phenoxy) is 5. The summed E-state index contributed by atoms with van der Waals surface area (Å²) in [4.78, 5) is 12.4. The van der Waals surface area contributed by atoms with Gasteiger partial charge in [-0.2, -0.15) is 0 Å². The second-order valence-corrected chi connectivity index (χ2v) is 7.38. The molecule has 3 aromatic rings. The lowest BCUT2D eigenvalue weighted by Gasteiger charge is -2.12. The van der Waals surface area contributed by atoms with Crippen LogP contribution in [0.4, 0.5) is 5.69 Å². The van der Waals surface area contributed by atoms with Crippen molar-refractivity contribution in [2.24, 2.45) is 0 Å². The van der Waals surface area contributed by atoms with E-state index in [-0.39, 0.29) is 5.91 Å². The lowest BCUT2D eigenvalue weighted by molar-refractivity contribution is -0.111. The minimum absolute atomic E-state index is 0.259. The van der Waals surface area contributed by atoms with E-state index in [0.717, 1.165) is 28.2 Å². The van der Waals surface area contributed by atoms with Crippen LogP contribution in [-0.4, -0.2) is 41.5 Å². The van der Waals surface area contributed by atoms with Gasteiger partial charge in [-0.05, 0) is 59.2 Å². The third kappa shape index (κ3) is 6.80. The van der Waals surface area contributed by atoms with Crippen LogP contribution in [0.15, 0.2) is 60.7 Å².